The fourth-order valence-corrected chi connectivity index (χ4v) is 1.32. The number of carbonyl (C=O) groups excluding carboxylic acids is 1. The lowest BCUT2D eigenvalue weighted by Gasteiger charge is -2.11. The van der Waals surface area contributed by atoms with Crippen LogP contribution in [0.15, 0.2) is 18.3 Å². The fraction of sp³-hybridized carbons (Fsp3) is 0.364. The van der Waals surface area contributed by atoms with Gasteiger partial charge in [-0.2, -0.15) is 0 Å². The van der Waals surface area contributed by atoms with Gasteiger partial charge in [0.15, 0.2) is 0 Å². The van der Waals surface area contributed by atoms with Crippen molar-refractivity contribution in [2.45, 2.75) is 6.42 Å². The highest BCUT2D eigenvalue weighted by Gasteiger charge is 2.03. The SMILES string of the molecule is CN(C)C(=O)CCNc1ccnc(C(N)=S)c1. The highest BCUT2D eigenvalue weighted by Crippen LogP contribution is 2.07. The van der Waals surface area contributed by atoms with Gasteiger partial charge in [-0.1, -0.05) is 12.2 Å². The van der Waals surface area contributed by atoms with Crippen molar-refractivity contribution in [3.8, 4) is 0 Å². The molecule has 0 aromatic carbocycles. The number of anilines is 1. The van der Waals surface area contributed by atoms with Crippen LogP contribution >= 0.6 is 12.2 Å². The monoisotopic (exact) mass is 252 g/mol. The zero-order valence-electron chi connectivity index (χ0n) is 9.93. The van der Waals surface area contributed by atoms with Gasteiger partial charge >= 0.3 is 0 Å². The zero-order chi connectivity index (χ0) is 12.8. The Hall–Kier alpha value is -1.69. The van der Waals surface area contributed by atoms with Crippen molar-refractivity contribution in [2.75, 3.05) is 26.0 Å². The van der Waals surface area contributed by atoms with Crippen LogP contribution in [0.25, 0.3) is 0 Å². The Kier molecular flexibility index (Phi) is 4.84. The fourth-order valence-electron chi connectivity index (χ4n) is 1.21. The molecule has 92 valence electrons. The van der Waals surface area contributed by atoms with E-state index in [-0.39, 0.29) is 10.9 Å². The van der Waals surface area contributed by atoms with Crippen LogP contribution in [0.1, 0.15) is 12.1 Å². The Morgan fingerprint density at radius 1 is 1.59 bits per heavy atom. The normalized spacial score (nSPS) is 9.76. The topological polar surface area (TPSA) is 71.2 Å². The molecule has 0 unspecified atom stereocenters. The summed E-state index contributed by atoms with van der Waals surface area (Å²) in [5.41, 5.74) is 6.91. The van der Waals surface area contributed by atoms with Crippen molar-refractivity contribution < 1.29 is 4.79 Å². The van der Waals surface area contributed by atoms with E-state index in [4.69, 9.17) is 18.0 Å². The molecule has 0 aliphatic rings. The quantitative estimate of drug-likeness (QED) is 0.751. The van der Waals surface area contributed by atoms with Crippen LogP contribution in [0.4, 0.5) is 5.69 Å². The van der Waals surface area contributed by atoms with E-state index in [2.05, 4.69) is 10.3 Å². The van der Waals surface area contributed by atoms with E-state index in [1.165, 1.54) is 0 Å². The van der Waals surface area contributed by atoms with Gasteiger partial charge in [-0.15, -0.1) is 0 Å². The van der Waals surface area contributed by atoms with Crippen molar-refractivity contribution in [1.82, 2.24) is 9.88 Å². The smallest absolute Gasteiger partial charge is 0.223 e. The highest BCUT2D eigenvalue weighted by molar-refractivity contribution is 7.80. The van der Waals surface area contributed by atoms with Gasteiger partial charge in [-0.05, 0) is 12.1 Å². The minimum atomic E-state index is 0.0844. The van der Waals surface area contributed by atoms with Crippen LogP contribution in [0.3, 0.4) is 0 Å². The maximum absolute atomic E-state index is 11.3. The number of hydrogen-bond acceptors (Lipinski definition) is 4. The van der Waals surface area contributed by atoms with Crippen LogP contribution in [0, 0.1) is 0 Å². The lowest BCUT2D eigenvalue weighted by atomic mass is 10.3. The molecule has 1 rings (SSSR count). The third kappa shape index (κ3) is 4.36. The van der Waals surface area contributed by atoms with Crippen LogP contribution in [-0.2, 0) is 4.79 Å². The van der Waals surface area contributed by atoms with Gasteiger partial charge < -0.3 is 16.0 Å². The van der Waals surface area contributed by atoms with Crippen LogP contribution in [0.5, 0.6) is 0 Å². The number of nitrogens with zero attached hydrogens (tertiary/aromatic N) is 2. The number of hydrogen-bond donors (Lipinski definition) is 2. The molecule has 0 aliphatic carbocycles. The zero-order valence-corrected chi connectivity index (χ0v) is 10.8. The second-order valence-corrected chi connectivity index (χ2v) is 4.20. The summed E-state index contributed by atoms with van der Waals surface area (Å²) in [5.74, 6) is 0.0844. The van der Waals surface area contributed by atoms with Crippen molar-refractivity contribution in [2.24, 2.45) is 5.73 Å². The van der Waals surface area contributed by atoms with Gasteiger partial charge in [0.2, 0.25) is 5.91 Å². The summed E-state index contributed by atoms with van der Waals surface area (Å²) >= 11 is 4.84. The largest absolute Gasteiger partial charge is 0.388 e. The molecule has 1 aromatic heterocycles. The molecule has 0 saturated heterocycles. The van der Waals surface area contributed by atoms with Crippen LogP contribution < -0.4 is 11.1 Å². The minimum absolute atomic E-state index is 0.0844. The van der Waals surface area contributed by atoms with Gasteiger partial charge in [0.25, 0.3) is 0 Å². The van der Waals surface area contributed by atoms with Crippen molar-refractivity contribution in [1.29, 1.82) is 0 Å². The number of carbonyl (C=O) groups is 1. The molecule has 0 radical (unpaired) electrons. The molecule has 1 aromatic rings. The number of nitrogens with two attached hydrogens (primary N) is 1. The summed E-state index contributed by atoms with van der Waals surface area (Å²) in [6.07, 6.45) is 2.07. The highest BCUT2D eigenvalue weighted by atomic mass is 32.1. The molecule has 1 heterocycles. The van der Waals surface area contributed by atoms with Gasteiger partial charge in [-0.25, -0.2) is 0 Å². The molecule has 17 heavy (non-hydrogen) atoms. The summed E-state index contributed by atoms with van der Waals surface area (Å²) in [5, 5.41) is 3.12. The molecule has 0 saturated carbocycles. The minimum Gasteiger partial charge on any atom is -0.388 e. The first-order valence-corrected chi connectivity index (χ1v) is 5.61. The molecule has 0 fully saturated rings. The molecule has 5 nitrogen and oxygen atoms in total. The molecule has 0 spiro atoms. The Morgan fingerprint density at radius 3 is 2.88 bits per heavy atom. The number of aromatic nitrogens is 1. The summed E-state index contributed by atoms with van der Waals surface area (Å²) in [4.78, 5) is 17.2. The first kappa shape index (κ1) is 13.4. The van der Waals surface area contributed by atoms with E-state index >= 15 is 0 Å². The summed E-state index contributed by atoms with van der Waals surface area (Å²) in [7, 11) is 3.47. The Bertz CT molecular complexity index is 420. The third-order valence-corrected chi connectivity index (χ3v) is 2.39. The van der Waals surface area contributed by atoms with E-state index in [0.717, 1.165) is 5.69 Å². The molecular formula is C11H16N4OS. The van der Waals surface area contributed by atoms with Crippen molar-refractivity contribution in [3.63, 3.8) is 0 Å². The first-order valence-electron chi connectivity index (χ1n) is 5.20. The predicted octanol–water partition coefficient (Wildman–Crippen LogP) is 0.606. The molecular weight excluding hydrogens is 236 g/mol. The molecule has 0 aliphatic heterocycles. The Balaban J connectivity index is 2.50. The second kappa shape index (κ2) is 6.15. The van der Waals surface area contributed by atoms with E-state index < -0.39 is 0 Å². The second-order valence-electron chi connectivity index (χ2n) is 3.76. The number of nitrogens with one attached hydrogen (secondary N) is 1. The van der Waals surface area contributed by atoms with Gasteiger partial charge in [-0.3, -0.25) is 9.78 Å². The number of amides is 1. The average molecular weight is 252 g/mol. The van der Waals surface area contributed by atoms with Gasteiger partial charge in [0, 0.05) is 38.9 Å². The standard InChI is InChI=1S/C11H16N4OS/c1-15(2)10(16)4-6-13-8-3-5-14-9(7-8)11(12)17/h3,5,7H,4,6H2,1-2H3,(H2,12,17)(H,13,14). The van der Waals surface area contributed by atoms with Crippen molar-refractivity contribution in [3.05, 3.63) is 24.0 Å². The van der Waals surface area contributed by atoms with Crippen LogP contribution in [-0.4, -0.2) is 41.4 Å². The average Bonchev–Trinajstić information content (AvgIpc) is 2.29. The van der Waals surface area contributed by atoms with Gasteiger partial charge in [0.05, 0.1) is 5.69 Å². The van der Waals surface area contributed by atoms with Crippen LogP contribution in [0.2, 0.25) is 0 Å². The van der Waals surface area contributed by atoms with E-state index in [0.29, 0.717) is 18.7 Å². The van der Waals surface area contributed by atoms with E-state index in [1.807, 2.05) is 6.07 Å². The summed E-state index contributed by atoms with van der Waals surface area (Å²) in [6.45, 7) is 0.567. The van der Waals surface area contributed by atoms with Crippen molar-refractivity contribution >= 4 is 28.8 Å². The third-order valence-electron chi connectivity index (χ3n) is 2.18. The lowest BCUT2D eigenvalue weighted by molar-refractivity contribution is -0.128. The lowest BCUT2D eigenvalue weighted by Crippen LogP contribution is -2.24. The number of rotatable bonds is 5. The molecule has 6 heteroatoms. The van der Waals surface area contributed by atoms with E-state index in [1.54, 1.807) is 31.3 Å². The summed E-state index contributed by atoms with van der Waals surface area (Å²) < 4.78 is 0. The maximum Gasteiger partial charge on any atom is 0.223 e. The van der Waals surface area contributed by atoms with E-state index in [9.17, 15) is 4.79 Å². The molecule has 0 atom stereocenters. The first-order chi connectivity index (χ1) is 8.00. The number of pyridine rings is 1. The van der Waals surface area contributed by atoms with Gasteiger partial charge in [0.1, 0.15) is 4.99 Å². The molecule has 3 N–H and O–H groups in total. The predicted molar refractivity (Wildman–Crippen MR) is 71.9 cm³/mol. The Morgan fingerprint density at radius 2 is 2.29 bits per heavy atom. The summed E-state index contributed by atoms with van der Waals surface area (Å²) in [6, 6.07) is 3.57. The maximum atomic E-state index is 11.3. The number of thiocarbonyl (C=S) groups is 1. The molecule has 1 amide bonds. The molecule has 0 bridgehead atoms. The Labute approximate surface area is 106 Å².